The van der Waals surface area contributed by atoms with Gasteiger partial charge in [-0.05, 0) is 42.5 Å². The number of pyridine rings is 1. The molecule has 1 unspecified atom stereocenters. The van der Waals surface area contributed by atoms with Crippen molar-refractivity contribution in [1.82, 2.24) is 4.98 Å². The lowest BCUT2D eigenvalue weighted by Crippen LogP contribution is -2.03. The molecule has 0 saturated heterocycles. The molecule has 2 aromatic carbocycles. The van der Waals surface area contributed by atoms with Crippen LogP contribution in [0.3, 0.4) is 0 Å². The Morgan fingerprint density at radius 1 is 0.667 bits per heavy atom. The highest BCUT2D eigenvalue weighted by Crippen LogP contribution is 2.28. The fourth-order valence-electron chi connectivity index (χ4n) is 3.25. The summed E-state index contributed by atoms with van der Waals surface area (Å²) in [5, 5.41) is 0. The molecule has 1 atom stereocenters. The monoisotopic (exact) mass is 315 g/mol. The Bertz CT molecular complexity index is 652. The lowest BCUT2D eigenvalue weighted by molar-refractivity contribution is 0.594. The van der Waals surface area contributed by atoms with Crippen molar-refractivity contribution in [3.05, 3.63) is 102 Å². The van der Waals surface area contributed by atoms with Crippen LogP contribution in [0.5, 0.6) is 0 Å². The van der Waals surface area contributed by atoms with Crippen LogP contribution in [0, 0.1) is 0 Å². The first-order valence-electron chi connectivity index (χ1n) is 8.93. The molecule has 0 fully saturated rings. The summed E-state index contributed by atoms with van der Waals surface area (Å²) in [4.78, 5) is 4.60. The zero-order valence-corrected chi connectivity index (χ0v) is 14.1. The molecular formula is C23H25N. The summed E-state index contributed by atoms with van der Waals surface area (Å²) in [6, 6.07) is 27.8. The Hall–Kier alpha value is -2.41. The molecule has 1 heterocycles. The zero-order chi connectivity index (χ0) is 16.5. The second-order valence-electron chi connectivity index (χ2n) is 6.30. The van der Waals surface area contributed by atoms with Crippen LogP contribution in [0.25, 0.3) is 0 Å². The second kappa shape index (κ2) is 9.02. The largest absolute Gasteiger partial charge is 0.261 e. The maximum atomic E-state index is 4.60. The van der Waals surface area contributed by atoms with Gasteiger partial charge in [0, 0.05) is 17.8 Å². The number of benzene rings is 2. The van der Waals surface area contributed by atoms with Gasteiger partial charge in [-0.25, -0.2) is 0 Å². The van der Waals surface area contributed by atoms with Crippen molar-refractivity contribution in [3.63, 3.8) is 0 Å². The fraction of sp³-hybridized carbons (Fsp3) is 0.261. The highest BCUT2D eigenvalue weighted by molar-refractivity contribution is 5.28. The summed E-state index contributed by atoms with van der Waals surface area (Å²) in [5.41, 5.74) is 4.01. The van der Waals surface area contributed by atoms with Crippen molar-refractivity contribution in [1.29, 1.82) is 0 Å². The Balaban J connectivity index is 1.55. The average Bonchev–Trinajstić information content (AvgIpc) is 2.67. The average molecular weight is 315 g/mol. The topological polar surface area (TPSA) is 12.9 Å². The van der Waals surface area contributed by atoms with Gasteiger partial charge in [0.15, 0.2) is 0 Å². The van der Waals surface area contributed by atoms with Crippen LogP contribution in [0.2, 0.25) is 0 Å². The molecule has 0 amide bonds. The zero-order valence-electron chi connectivity index (χ0n) is 14.1. The van der Waals surface area contributed by atoms with Crippen LogP contribution in [0.15, 0.2) is 85.1 Å². The third kappa shape index (κ3) is 4.79. The molecule has 1 heteroatoms. The number of aryl methyl sites for hydroxylation is 1. The van der Waals surface area contributed by atoms with E-state index in [4.69, 9.17) is 0 Å². The Morgan fingerprint density at radius 2 is 1.38 bits per heavy atom. The van der Waals surface area contributed by atoms with E-state index in [1.54, 1.807) is 0 Å². The maximum absolute atomic E-state index is 4.60. The molecule has 0 spiro atoms. The van der Waals surface area contributed by atoms with Gasteiger partial charge >= 0.3 is 0 Å². The van der Waals surface area contributed by atoms with Gasteiger partial charge in [0.25, 0.3) is 0 Å². The molecule has 24 heavy (non-hydrogen) atoms. The molecule has 1 aromatic heterocycles. The van der Waals surface area contributed by atoms with E-state index in [2.05, 4.69) is 77.8 Å². The predicted octanol–water partition coefficient (Wildman–Crippen LogP) is 6.02. The molecule has 0 aliphatic carbocycles. The minimum absolute atomic E-state index is 0.407. The van der Waals surface area contributed by atoms with E-state index in [0.717, 1.165) is 6.42 Å². The number of aromatic nitrogens is 1. The molecule has 0 aliphatic heterocycles. The molecule has 3 aromatic rings. The van der Waals surface area contributed by atoms with Crippen LogP contribution in [-0.2, 0) is 6.42 Å². The quantitative estimate of drug-likeness (QED) is 0.463. The van der Waals surface area contributed by atoms with Crippen molar-refractivity contribution < 1.29 is 0 Å². The van der Waals surface area contributed by atoms with Gasteiger partial charge in [-0.2, -0.15) is 0 Å². The van der Waals surface area contributed by atoms with Gasteiger partial charge in [-0.3, -0.25) is 4.98 Å². The normalized spacial score (nSPS) is 12.0. The van der Waals surface area contributed by atoms with E-state index in [0.29, 0.717) is 5.92 Å². The van der Waals surface area contributed by atoms with Crippen molar-refractivity contribution >= 4 is 0 Å². The first-order valence-corrected chi connectivity index (χ1v) is 8.93. The van der Waals surface area contributed by atoms with E-state index in [-0.39, 0.29) is 0 Å². The highest BCUT2D eigenvalue weighted by Gasteiger charge is 2.14. The van der Waals surface area contributed by atoms with Gasteiger partial charge in [0.2, 0.25) is 0 Å². The maximum Gasteiger partial charge on any atom is 0.0478 e. The van der Waals surface area contributed by atoms with Crippen molar-refractivity contribution in [2.45, 2.75) is 38.0 Å². The summed E-state index contributed by atoms with van der Waals surface area (Å²) in [5.74, 6) is 0.407. The molecule has 0 saturated carbocycles. The Labute approximate surface area is 145 Å². The van der Waals surface area contributed by atoms with Crippen molar-refractivity contribution in [3.8, 4) is 0 Å². The fourth-order valence-corrected chi connectivity index (χ4v) is 3.25. The first kappa shape index (κ1) is 16.4. The van der Waals surface area contributed by atoms with Crippen molar-refractivity contribution in [2.24, 2.45) is 0 Å². The van der Waals surface area contributed by atoms with Gasteiger partial charge in [-0.1, -0.05) is 79.6 Å². The molecule has 122 valence electrons. The second-order valence-corrected chi connectivity index (χ2v) is 6.30. The molecular weight excluding hydrogens is 290 g/mol. The van der Waals surface area contributed by atoms with Gasteiger partial charge < -0.3 is 0 Å². The third-order valence-electron chi connectivity index (χ3n) is 4.55. The van der Waals surface area contributed by atoms with E-state index in [1.165, 1.54) is 42.5 Å². The standard InChI is InChI=1S/C23H25N/c1-4-12-20(13-5-1)14-6-2-9-17-22(21-15-7-3-8-16-21)23-18-10-11-19-24-23/h1,3-5,7-8,10-13,15-16,18-19,22H,2,6,9,14,17H2. The number of nitrogens with zero attached hydrogens (tertiary/aromatic N) is 1. The van der Waals surface area contributed by atoms with Crippen LogP contribution in [0.4, 0.5) is 0 Å². The molecule has 0 bridgehead atoms. The number of unbranched alkanes of at least 4 members (excludes halogenated alkanes) is 2. The molecule has 1 nitrogen and oxygen atoms in total. The highest BCUT2D eigenvalue weighted by atomic mass is 14.7. The van der Waals surface area contributed by atoms with E-state index >= 15 is 0 Å². The lowest BCUT2D eigenvalue weighted by Gasteiger charge is -2.17. The first-order chi connectivity index (χ1) is 11.9. The van der Waals surface area contributed by atoms with Crippen molar-refractivity contribution in [2.75, 3.05) is 0 Å². The number of hydrogen-bond acceptors (Lipinski definition) is 1. The van der Waals surface area contributed by atoms with E-state index < -0.39 is 0 Å². The predicted molar refractivity (Wildman–Crippen MR) is 101 cm³/mol. The number of hydrogen-bond donors (Lipinski definition) is 0. The van der Waals surface area contributed by atoms with Crippen LogP contribution >= 0.6 is 0 Å². The summed E-state index contributed by atoms with van der Waals surface area (Å²) in [7, 11) is 0. The molecule has 0 N–H and O–H groups in total. The van der Waals surface area contributed by atoms with Crippen LogP contribution < -0.4 is 0 Å². The summed E-state index contributed by atoms with van der Waals surface area (Å²) in [6.07, 6.45) is 8.01. The Kier molecular flexibility index (Phi) is 6.18. The summed E-state index contributed by atoms with van der Waals surface area (Å²) >= 11 is 0. The number of rotatable bonds is 8. The van der Waals surface area contributed by atoms with Gasteiger partial charge in [0.1, 0.15) is 0 Å². The molecule has 0 aliphatic rings. The third-order valence-corrected chi connectivity index (χ3v) is 4.55. The van der Waals surface area contributed by atoms with Crippen LogP contribution in [0.1, 0.15) is 48.4 Å². The summed E-state index contributed by atoms with van der Waals surface area (Å²) in [6.45, 7) is 0. The molecule has 3 rings (SSSR count). The van der Waals surface area contributed by atoms with Crippen LogP contribution in [-0.4, -0.2) is 4.98 Å². The van der Waals surface area contributed by atoms with E-state index in [9.17, 15) is 0 Å². The smallest absolute Gasteiger partial charge is 0.0478 e. The minimum Gasteiger partial charge on any atom is -0.261 e. The lowest BCUT2D eigenvalue weighted by atomic mass is 9.89. The SMILES string of the molecule is c1ccc(CCCCCC(c2ccccc2)c2ccccn2)cc1. The summed E-state index contributed by atoms with van der Waals surface area (Å²) < 4.78 is 0. The van der Waals surface area contributed by atoms with E-state index in [1.807, 2.05) is 12.3 Å². The Morgan fingerprint density at radius 3 is 2.08 bits per heavy atom. The van der Waals surface area contributed by atoms with Gasteiger partial charge in [-0.15, -0.1) is 0 Å². The van der Waals surface area contributed by atoms with Gasteiger partial charge in [0.05, 0.1) is 0 Å². The molecule has 0 radical (unpaired) electrons. The minimum atomic E-state index is 0.407.